The van der Waals surface area contributed by atoms with Crippen LogP contribution in [0.2, 0.25) is 0 Å². The van der Waals surface area contributed by atoms with Crippen LogP contribution in [0.5, 0.6) is 0 Å². The number of carbonyl (C=O) groups is 1. The average Bonchev–Trinajstić information content (AvgIpc) is 2.31. The molecule has 0 atom stereocenters. The van der Waals surface area contributed by atoms with Gasteiger partial charge in [-0.1, -0.05) is 0 Å². The van der Waals surface area contributed by atoms with Gasteiger partial charge in [0, 0.05) is 31.0 Å². The van der Waals surface area contributed by atoms with Crippen LogP contribution < -0.4 is 11.1 Å². The Morgan fingerprint density at radius 3 is 2.84 bits per heavy atom. The monoisotopic (exact) mass is 269 g/mol. The lowest BCUT2D eigenvalue weighted by Gasteiger charge is -2.35. The number of hydrogen-bond acceptors (Lipinski definition) is 4. The molecule has 0 saturated heterocycles. The van der Waals surface area contributed by atoms with E-state index in [-0.39, 0.29) is 18.9 Å². The lowest BCUT2D eigenvalue weighted by atomic mass is 9.88. The van der Waals surface area contributed by atoms with Gasteiger partial charge in [-0.05, 0) is 25.0 Å². The third-order valence-corrected chi connectivity index (χ3v) is 3.17. The van der Waals surface area contributed by atoms with Crippen molar-refractivity contribution in [1.29, 1.82) is 0 Å². The first-order valence-electron chi connectivity index (χ1n) is 6.33. The Balaban J connectivity index is 1.95. The smallest absolute Gasteiger partial charge is 0.252 e. The number of alkyl halides is 2. The van der Waals surface area contributed by atoms with Crippen LogP contribution >= 0.6 is 0 Å². The van der Waals surface area contributed by atoms with Crippen LogP contribution in [-0.4, -0.2) is 23.2 Å². The molecular formula is C13H17F2N3O. The maximum Gasteiger partial charge on any atom is 0.252 e. The van der Waals surface area contributed by atoms with Crippen LogP contribution in [0.4, 0.5) is 20.3 Å². The Hall–Kier alpha value is -1.72. The largest absolute Gasteiger partial charge is 0.396 e. The fourth-order valence-electron chi connectivity index (χ4n) is 2.09. The SMILES string of the molecule is Nc1ccc(CCCC=O)nc1NC1CC(F)(F)C1. The van der Waals surface area contributed by atoms with Crippen LogP contribution in [0.3, 0.4) is 0 Å². The van der Waals surface area contributed by atoms with Crippen molar-refractivity contribution in [3.8, 4) is 0 Å². The van der Waals surface area contributed by atoms with Crippen LogP contribution in [0, 0.1) is 0 Å². The maximum atomic E-state index is 12.8. The molecule has 0 unspecified atom stereocenters. The Bertz CT molecular complexity index is 457. The van der Waals surface area contributed by atoms with E-state index in [1.165, 1.54) is 0 Å². The Morgan fingerprint density at radius 2 is 2.21 bits per heavy atom. The predicted molar refractivity (Wildman–Crippen MR) is 69.2 cm³/mol. The highest BCUT2D eigenvalue weighted by atomic mass is 19.3. The van der Waals surface area contributed by atoms with E-state index >= 15 is 0 Å². The number of halogens is 2. The number of rotatable bonds is 6. The summed E-state index contributed by atoms with van der Waals surface area (Å²) in [7, 11) is 0. The molecule has 1 aromatic rings. The molecule has 0 bridgehead atoms. The molecule has 1 aromatic heterocycles. The number of anilines is 2. The molecule has 2 rings (SSSR count). The Labute approximate surface area is 110 Å². The second kappa shape index (κ2) is 5.50. The van der Waals surface area contributed by atoms with Crippen LogP contribution in [0.15, 0.2) is 12.1 Å². The Morgan fingerprint density at radius 1 is 1.47 bits per heavy atom. The summed E-state index contributed by atoms with van der Waals surface area (Å²) in [6.07, 6.45) is 2.40. The molecule has 0 amide bonds. The fourth-order valence-corrected chi connectivity index (χ4v) is 2.09. The first-order valence-corrected chi connectivity index (χ1v) is 6.33. The highest BCUT2D eigenvalue weighted by Gasteiger charge is 2.45. The number of nitrogens with two attached hydrogens (primary N) is 1. The minimum Gasteiger partial charge on any atom is -0.396 e. The highest BCUT2D eigenvalue weighted by molar-refractivity contribution is 5.62. The topological polar surface area (TPSA) is 68.0 Å². The maximum absolute atomic E-state index is 12.8. The fraction of sp³-hybridized carbons (Fsp3) is 0.538. The summed E-state index contributed by atoms with van der Waals surface area (Å²) in [4.78, 5) is 14.6. The zero-order chi connectivity index (χ0) is 13.9. The first-order chi connectivity index (χ1) is 9.00. The van der Waals surface area contributed by atoms with Gasteiger partial charge in [-0.2, -0.15) is 0 Å². The van der Waals surface area contributed by atoms with Gasteiger partial charge < -0.3 is 15.8 Å². The molecular weight excluding hydrogens is 252 g/mol. The minimum absolute atomic E-state index is 0.177. The van der Waals surface area contributed by atoms with Crippen molar-refractivity contribution in [1.82, 2.24) is 4.98 Å². The molecule has 1 aliphatic carbocycles. The predicted octanol–water partition coefficient (Wildman–Crippen LogP) is 2.40. The van der Waals surface area contributed by atoms with Gasteiger partial charge in [0.2, 0.25) is 0 Å². The van der Waals surface area contributed by atoms with Crippen molar-refractivity contribution in [2.45, 2.75) is 44.1 Å². The van der Waals surface area contributed by atoms with Gasteiger partial charge in [-0.25, -0.2) is 13.8 Å². The van der Waals surface area contributed by atoms with E-state index in [1.807, 2.05) is 0 Å². The van der Waals surface area contributed by atoms with Gasteiger partial charge in [-0.15, -0.1) is 0 Å². The van der Waals surface area contributed by atoms with Gasteiger partial charge in [0.05, 0.1) is 5.69 Å². The molecule has 3 N–H and O–H groups in total. The number of aryl methyl sites for hydroxylation is 1. The summed E-state index contributed by atoms with van der Waals surface area (Å²) in [5.41, 5.74) is 7.03. The van der Waals surface area contributed by atoms with Crippen molar-refractivity contribution in [2.24, 2.45) is 0 Å². The van der Waals surface area contributed by atoms with E-state index in [1.54, 1.807) is 12.1 Å². The molecule has 104 valence electrons. The summed E-state index contributed by atoms with van der Waals surface area (Å²) in [5.74, 6) is -2.10. The number of carbonyl (C=O) groups excluding carboxylic acids is 1. The van der Waals surface area contributed by atoms with E-state index in [0.717, 1.165) is 18.4 Å². The number of aldehydes is 1. The first kappa shape index (κ1) is 13.7. The number of pyridine rings is 1. The van der Waals surface area contributed by atoms with Crippen molar-refractivity contribution in [2.75, 3.05) is 11.1 Å². The van der Waals surface area contributed by atoms with Crippen LogP contribution in [0.1, 0.15) is 31.4 Å². The van der Waals surface area contributed by atoms with Crippen LogP contribution in [0.25, 0.3) is 0 Å². The molecule has 0 aliphatic heterocycles. The molecule has 19 heavy (non-hydrogen) atoms. The summed E-state index contributed by atoms with van der Waals surface area (Å²) < 4.78 is 25.5. The quantitative estimate of drug-likeness (QED) is 0.614. The van der Waals surface area contributed by atoms with Crippen molar-refractivity contribution >= 4 is 17.8 Å². The van der Waals surface area contributed by atoms with Crippen molar-refractivity contribution < 1.29 is 13.6 Å². The average molecular weight is 269 g/mol. The van der Waals surface area contributed by atoms with E-state index in [2.05, 4.69) is 10.3 Å². The number of nitrogens with zero attached hydrogens (tertiary/aromatic N) is 1. The second-order valence-corrected chi connectivity index (χ2v) is 4.90. The zero-order valence-electron chi connectivity index (χ0n) is 10.5. The second-order valence-electron chi connectivity index (χ2n) is 4.90. The number of hydrogen-bond donors (Lipinski definition) is 2. The molecule has 1 heterocycles. The molecule has 0 aromatic carbocycles. The van der Waals surface area contributed by atoms with E-state index in [9.17, 15) is 13.6 Å². The molecule has 1 aliphatic rings. The molecule has 0 spiro atoms. The minimum atomic E-state index is -2.56. The summed E-state index contributed by atoms with van der Waals surface area (Å²) >= 11 is 0. The van der Waals surface area contributed by atoms with E-state index in [0.29, 0.717) is 24.3 Å². The summed E-state index contributed by atoms with van der Waals surface area (Å²) in [6, 6.07) is 3.23. The summed E-state index contributed by atoms with van der Waals surface area (Å²) in [6.45, 7) is 0. The third-order valence-electron chi connectivity index (χ3n) is 3.17. The number of unbranched alkanes of at least 4 members (excludes halogenated alkanes) is 1. The normalized spacial score (nSPS) is 17.8. The Kier molecular flexibility index (Phi) is 3.97. The van der Waals surface area contributed by atoms with Crippen molar-refractivity contribution in [3.05, 3.63) is 17.8 Å². The van der Waals surface area contributed by atoms with E-state index < -0.39 is 5.92 Å². The number of nitrogens with one attached hydrogen (secondary N) is 1. The van der Waals surface area contributed by atoms with Crippen molar-refractivity contribution in [3.63, 3.8) is 0 Å². The zero-order valence-corrected chi connectivity index (χ0v) is 10.5. The van der Waals surface area contributed by atoms with Gasteiger partial charge in [0.25, 0.3) is 5.92 Å². The van der Waals surface area contributed by atoms with Crippen LogP contribution in [-0.2, 0) is 11.2 Å². The lowest BCUT2D eigenvalue weighted by molar-refractivity contribution is -0.107. The highest BCUT2D eigenvalue weighted by Crippen LogP contribution is 2.39. The van der Waals surface area contributed by atoms with Gasteiger partial charge >= 0.3 is 0 Å². The number of nitrogen functional groups attached to an aromatic ring is 1. The third kappa shape index (κ3) is 3.62. The summed E-state index contributed by atoms with van der Waals surface area (Å²) in [5, 5.41) is 2.95. The van der Waals surface area contributed by atoms with Gasteiger partial charge in [-0.3, -0.25) is 0 Å². The van der Waals surface area contributed by atoms with E-state index in [4.69, 9.17) is 5.73 Å². The van der Waals surface area contributed by atoms with Gasteiger partial charge in [0.15, 0.2) is 0 Å². The molecule has 1 saturated carbocycles. The van der Waals surface area contributed by atoms with Gasteiger partial charge in [0.1, 0.15) is 12.1 Å². The standard InChI is InChI=1S/C13H17F2N3O/c14-13(15)7-10(8-13)18-12-11(16)5-4-9(17-12)3-1-2-6-19/h4-6,10H,1-3,7-8,16H2,(H,17,18). The molecule has 4 nitrogen and oxygen atoms in total. The molecule has 1 fully saturated rings. The molecule has 0 radical (unpaired) electrons. The lowest BCUT2D eigenvalue weighted by Crippen LogP contribution is -2.44. The number of aromatic nitrogens is 1. The molecule has 6 heteroatoms.